The van der Waals surface area contributed by atoms with Crippen LogP contribution in [0.5, 0.6) is 0 Å². The van der Waals surface area contributed by atoms with E-state index in [0.29, 0.717) is 12.0 Å². The van der Waals surface area contributed by atoms with Crippen LogP contribution in [0.2, 0.25) is 0 Å². The van der Waals surface area contributed by atoms with Crippen LogP contribution in [-0.4, -0.2) is 9.55 Å². The molecule has 0 unspecified atom stereocenters. The minimum Gasteiger partial charge on any atom is -0.321 e. The number of halogens is 2. The third-order valence-electron chi connectivity index (χ3n) is 3.77. The Hall–Kier alpha value is -1.91. The lowest BCUT2D eigenvalue weighted by molar-refractivity contribution is 0.523. The van der Waals surface area contributed by atoms with Gasteiger partial charge in [0.05, 0.1) is 5.69 Å². The van der Waals surface area contributed by atoms with Crippen LogP contribution in [0, 0.1) is 18.6 Å². The number of benzene rings is 1. The molecule has 2 aromatic rings. The number of aryl methyl sites for hydroxylation is 1. The minimum atomic E-state index is -0.608. The summed E-state index contributed by atoms with van der Waals surface area (Å²) in [4.78, 5) is 4.35. The zero-order valence-electron chi connectivity index (χ0n) is 11.4. The van der Waals surface area contributed by atoms with Gasteiger partial charge in [-0.3, -0.25) is 0 Å². The zero-order chi connectivity index (χ0) is 14.1. The third kappa shape index (κ3) is 2.40. The monoisotopic (exact) mass is 277 g/mol. The van der Waals surface area contributed by atoms with Crippen LogP contribution in [0.15, 0.2) is 24.4 Å². The molecule has 1 aliphatic carbocycles. The van der Waals surface area contributed by atoms with E-state index in [-0.39, 0.29) is 5.69 Å². The average Bonchev–Trinajstić information content (AvgIpc) is 3.03. The Morgan fingerprint density at radius 2 is 1.85 bits per heavy atom. The molecule has 1 N–H and O–H groups in total. The second-order valence-corrected chi connectivity index (χ2v) is 5.27. The van der Waals surface area contributed by atoms with E-state index in [4.69, 9.17) is 0 Å². The number of anilines is 2. The van der Waals surface area contributed by atoms with Crippen molar-refractivity contribution in [3.05, 3.63) is 41.7 Å². The van der Waals surface area contributed by atoms with Gasteiger partial charge in [0.25, 0.3) is 0 Å². The second kappa shape index (κ2) is 5.23. The molecule has 3 nitrogen and oxygen atoms in total. The number of nitrogens with zero attached hydrogens (tertiary/aromatic N) is 2. The van der Waals surface area contributed by atoms with Crippen LogP contribution in [0.4, 0.5) is 20.4 Å². The van der Waals surface area contributed by atoms with Crippen molar-refractivity contribution in [2.45, 2.75) is 38.6 Å². The number of rotatable bonds is 3. The zero-order valence-corrected chi connectivity index (χ0v) is 11.4. The minimum absolute atomic E-state index is 0.141. The molecule has 0 saturated heterocycles. The number of nitrogens with one attached hydrogen (secondary N) is 1. The lowest BCUT2D eigenvalue weighted by Gasteiger charge is -2.16. The van der Waals surface area contributed by atoms with Gasteiger partial charge in [0.1, 0.15) is 17.3 Å². The molecule has 0 bridgehead atoms. The molecule has 1 saturated carbocycles. The van der Waals surface area contributed by atoms with Gasteiger partial charge in [-0.25, -0.2) is 13.8 Å². The summed E-state index contributed by atoms with van der Waals surface area (Å²) in [6, 6.07) is 4.20. The van der Waals surface area contributed by atoms with Gasteiger partial charge < -0.3 is 9.88 Å². The molecule has 0 aliphatic heterocycles. The topological polar surface area (TPSA) is 29.9 Å². The van der Waals surface area contributed by atoms with Crippen LogP contribution in [0.1, 0.15) is 37.4 Å². The summed E-state index contributed by atoms with van der Waals surface area (Å²) >= 11 is 0. The molecule has 1 heterocycles. The molecule has 0 amide bonds. The van der Waals surface area contributed by atoms with Gasteiger partial charge in [0.2, 0.25) is 5.95 Å². The van der Waals surface area contributed by atoms with E-state index < -0.39 is 11.6 Å². The Morgan fingerprint density at radius 3 is 2.50 bits per heavy atom. The van der Waals surface area contributed by atoms with Crippen molar-refractivity contribution in [3.63, 3.8) is 0 Å². The van der Waals surface area contributed by atoms with E-state index in [9.17, 15) is 8.78 Å². The molecule has 1 aliphatic rings. The van der Waals surface area contributed by atoms with E-state index in [2.05, 4.69) is 10.3 Å². The molecule has 1 fully saturated rings. The maximum atomic E-state index is 13.7. The smallest absolute Gasteiger partial charge is 0.207 e. The molecule has 1 aromatic heterocycles. The largest absolute Gasteiger partial charge is 0.321 e. The normalized spacial score (nSPS) is 15.8. The van der Waals surface area contributed by atoms with E-state index >= 15 is 0 Å². The fraction of sp³-hybridized carbons (Fsp3) is 0.400. The Labute approximate surface area is 116 Å². The highest BCUT2D eigenvalue weighted by Crippen LogP contribution is 2.33. The highest BCUT2D eigenvalue weighted by atomic mass is 19.1. The van der Waals surface area contributed by atoms with E-state index in [0.717, 1.165) is 18.5 Å². The third-order valence-corrected chi connectivity index (χ3v) is 3.77. The summed E-state index contributed by atoms with van der Waals surface area (Å²) in [5.41, 5.74) is 0.702. The van der Waals surface area contributed by atoms with Crippen LogP contribution < -0.4 is 5.32 Å². The number of para-hydroxylation sites is 1. The Balaban J connectivity index is 1.94. The first-order chi connectivity index (χ1) is 9.65. The van der Waals surface area contributed by atoms with Crippen molar-refractivity contribution in [1.29, 1.82) is 0 Å². The summed E-state index contributed by atoms with van der Waals surface area (Å²) in [5, 5.41) is 2.81. The maximum Gasteiger partial charge on any atom is 0.207 e. The Bertz CT molecular complexity index is 595. The van der Waals surface area contributed by atoms with Gasteiger partial charge in [-0.05, 0) is 31.9 Å². The lowest BCUT2D eigenvalue weighted by atomic mass is 10.2. The standard InChI is InChI=1S/C15H17F2N3/c1-10-9-20(11-5-2-3-6-11)15(18-10)19-14-12(16)7-4-8-13(14)17/h4,7-9,11H,2-3,5-6H2,1H3,(H,18,19). The fourth-order valence-corrected chi connectivity index (χ4v) is 2.80. The highest BCUT2D eigenvalue weighted by Gasteiger charge is 2.21. The Kier molecular flexibility index (Phi) is 3.42. The summed E-state index contributed by atoms with van der Waals surface area (Å²) < 4.78 is 29.4. The van der Waals surface area contributed by atoms with Crippen molar-refractivity contribution in [3.8, 4) is 0 Å². The molecular formula is C15H17F2N3. The molecule has 1 aromatic carbocycles. The van der Waals surface area contributed by atoms with Crippen LogP contribution >= 0.6 is 0 Å². The summed E-state index contributed by atoms with van der Waals surface area (Å²) in [6.07, 6.45) is 6.50. The number of hydrogen-bond acceptors (Lipinski definition) is 2. The molecule has 0 radical (unpaired) electrons. The molecule has 0 spiro atoms. The van der Waals surface area contributed by atoms with Gasteiger partial charge in [0.15, 0.2) is 0 Å². The van der Waals surface area contributed by atoms with Crippen LogP contribution in [0.25, 0.3) is 0 Å². The SMILES string of the molecule is Cc1cn(C2CCCC2)c(Nc2c(F)cccc2F)n1. The van der Waals surface area contributed by atoms with Gasteiger partial charge in [-0.2, -0.15) is 0 Å². The van der Waals surface area contributed by atoms with Crippen LogP contribution in [-0.2, 0) is 0 Å². The number of aromatic nitrogens is 2. The van der Waals surface area contributed by atoms with Crippen LogP contribution in [0.3, 0.4) is 0 Å². The Morgan fingerprint density at radius 1 is 1.20 bits per heavy atom. The summed E-state index contributed by atoms with van der Waals surface area (Å²) in [7, 11) is 0. The maximum absolute atomic E-state index is 13.7. The molecule has 3 rings (SSSR count). The van der Waals surface area contributed by atoms with Crippen molar-refractivity contribution in [2.24, 2.45) is 0 Å². The van der Waals surface area contributed by atoms with Gasteiger partial charge in [-0.1, -0.05) is 18.9 Å². The fourth-order valence-electron chi connectivity index (χ4n) is 2.80. The lowest BCUT2D eigenvalue weighted by Crippen LogP contribution is -2.09. The summed E-state index contributed by atoms with van der Waals surface area (Å²) in [6.45, 7) is 1.88. The summed E-state index contributed by atoms with van der Waals surface area (Å²) in [5.74, 6) is -0.703. The predicted octanol–water partition coefficient (Wildman–Crippen LogP) is 4.33. The number of hydrogen-bond donors (Lipinski definition) is 1. The second-order valence-electron chi connectivity index (χ2n) is 5.27. The predicted molar refractivity (Wildman–Crippen MR) is 74.1 cm³/mol. The van der Waals surface area contributed by atoms with E-state index in [1.807, 2.05) is 17.7 Å². The number of imidazole rings is 1. The van der Waals surface area contributed by atoms with Crippen molar-refractivity contribution < 1.29 is 8.78 Å². The van der Waals surface area contributed by atoms with Crippen molar-refractivity contribution in [2.75, 3.05) is 5.32 Å². The molecule has 0 atom stereocenters. The molecule has 5 heteroatoms. The van der Waals surface area contributed by atoms with Crippen molar-refractivity contribution >= 4 is 11.6 Å². The van der Waals surface area contributed by atoms with Gasteiger partial charge >= 0.3 is 0 Å². The van der Waals surface area contributed by atoms with Gasteiger partial charge in [0, 0.05) is 12.2 Å². The average molecular weight is 277 g/mol. The first-order valence-electron chi connectivity index (χ1n) is 6.91. The van der Waals surface area contributed by atoms with E-state index in [1.165, 1.54) is 31.0 Å². The quantitative estimate of drug-likeness (QED) is 0.905. The van der Waals surface area contributed by atoms with E-state index in [1.54, 1.807) is 0 Å². The molecular weight excluding hydrogens is 260 g/mol. The molecule has 20 heavy (non-hydrogen) atoms. The van der Waals surface area contributed by atoms with Gasteiger partial charge in [-0.15, -0.1) is 0 Å². The first-order valence-corrected chi connectivity index (χ1v) is 6.91. The molecule has 106 valence electrons. The van der Waals surface area contributed by atoms with Crippen molar-refractivity contribution in [1.82, 2.24) is 9.55 Å². The highest BCUT2D eigenvalue weighted by molar-refractivity contribution is 5.55. The first kappa shape index (κ1) is 13.1.